The average Bonchev–Trinajstić information content (AvgIpc) is 3.09. The molecule has 5 nitrogen and oxygen atoms in total. The van der Waals surface area contributed by atoms with Gasteiger partial charge in [-0.1, -0.05) is 42.1 Å². The van der Waals surface area contributed by atoms with Crippen LogP contribution in [0.5, 0.6) is 0 Å². The highest BCUT2D eigenvalue weighted by molar-refractivity contribution is 7.99. The number of nitrogens with zero attached hydrogens (tertiary/aromatic N) is 2. The Labute approximate surface area is 184 Å². The van der Waals surface area contributed by atoms with Gasteiger partial charge in [0.15, 0.2) is 5.16 Å². The number of rotatable bonds is 5. The van der Waals surface area contributed by atoms with Crippen molar-refractivity contribution >= 4 is 39.2 Å². The number of amides is 1. The van der Waals surface area contributed by atoms with Gasteiger partial charge in [-0.15, -0.1) is 11.3 Å². The summed E-state index contributed by atoms with van der Waals surface area (Å²) in [4.78, 5) is 37.3. The molecule has 0 saturated heterocycles. The Hall–Kier alpha value is -2.12. The second kappa shape index (κ2) is 8.55. The van der Waals surface area contributed by atoms with Crippen LogP contribution in [0, 0.1) is 0 Å². The second-order valence-electron chi connectivity index (χ2n) is 8.69. The molecule has 0 unspecified atom stereocenters. The molecule has 30 heavy (non-hydrogen) atoms. The van der Waals surface area contributed by atoms with Gasteiger partial charge in [-0.3, -0.25) is 9.59 Å². The monoisotopic (exact) mass is 441 g/mol. The fourth-order valence-corrected chi connectivity index (χ4v) is 5.94. The summed E-state index contributed by atoms with van der Waals surface area (Å²) in [5.41, 5.74) is 1.91. The van der Waals surface area contributed by atoms with Gasteiger partial charge in [0.05, 0.1) is 11.1 Å². The van der Waals surface area contributed by atoms with E-state index < -0.39 is 0 Å². The third-order valence-corrected chi connectivity index (χ3v) is 7.47. The Morgan fingerprint density at radius 3 is 2.67 bits per heavy atom. The largest absolute Gasteiger partial charge is 0.333 e. The molecule has 7 heteroatoms. The van der Waals surface area contributed by atoms with E-state index in [-0.39, 0.29) is 22.8 Å². The molecule has 1 aromatic carbocycles. The molecular weight excluding hydrogens is 414 g/mol. The third-order valence-electron chi connectivity index (χ3n) is 5.43. The van der Waals surface area contributed by atoms with Crippen LogP contribution in [0.2, 0.25) is 0 Å². The van der Waals surface area contributed by atoms with Crippen molar-refractivity contribution in [3.63, 3.8) is 0 Å². The van der Waals surface area contributed by atoms with Crippen molar-refractivity contribution in [3.05, 3.63) is 56.7 Å². The van der Waals surface area contributed by atoms with E-state index in [0.717, 1.165) is 35.0 Å². The van der Waals surface area contributed by atoms with E-state index in [1.807, 2.05) is 56.0 Å². The topological polar surface area (TPSA) is 66.1 Å². The number of aromatic amines is 1. The molecule has 2 aromatic heterocycles. The number of aryl methyl sites for hydroxylation is 2. The zero-order valence-corrected chi connectivity index (χ0v) is 19.3. The molecule has 1 aliphatic carbocycles. The summed E-state index contributed by atoms with van der Waals surface area (Å²) in [6, 6.07) is 10.0. The van der Waals surface area contributed by atoms with Gasteiger partial charge in [0.1, 0.15) is 4.83 Å². The smallest absolute Gasteiger partial charge is 0.260 e. The zero-order valence-electron chi connectivity index (χ0n) is 17.7. The number of H-pyrrole nitrogens is 1. The van der Waals surface area contributed by atoms with Crippen LogP contribution in [0.15, 0.2) is 40.3 Å². The number of nitrogens with one attached hydrogen (secondary N) is 1. The molecule has 3 aromatic rings. The lowest BCUT2D eigenvalue weighted by atomic mass is 9.97. The minimum absolute atomic E-state index is 0.0320. The zero-order chi connectivity index (χ0) is 21.3. The number of thiophene rings is 1. The van der Waals surface area contributed by atoms with Crippen molar-refractivity contribution in [3.8, 4) is 0 Å². The van der Waals surface area contributed by atoms with Gasteiger partial charge in [0.2, 0.25) is 5.91 Å². The summed E-state index contributed by atoms with van der Waals surface area (Å²) in [7, 11) is 0. The molecule has 0 radical (unpaired) electrons. The first-order chi connectivity index (χ1) is 14.3. The fourth-order valence-electron chi connectivity index (χ4n) is 3.89. The predicted molar refractivity (Wildman–Crippen MR) is 124 cm³/mol. The summed E-state index contributed by atoms with van der Waals surface area (Å²) >= 11 is 2.94. The first kappa shape index (κ1) is 21.1. The van der Waals surface area contributed by atoms with Gasteiger partial charge in [0.25, 0.3) is 5.56 Å². The van der Waals surface area contributed by atoms with Crippen molar-refractivity contribution in [2.75, 3.05) is 5.75 Å². The van der Waals surface area contributed by atoms with Crippen LogP contribution in [0.1, 0.15) is 49.6 Å². The molecule has 0 spiro atoms. The van der Waals surface area contributed by atoms with Gasteiger partial charge >= 0.3 is 0 Å². The first-order valence-corrected chi connectivity index (χ1v) is 12.1. The summed E-state index contributed by atoms with van der Waals surface area (Å²) in [6.45, 7) is 6.69. The number of thioether (sulfide) groups is 1. The molecule has 0 bridgehead atoms. The van der Waals surface area contributed by atoms with Gasteiger partial charge in [-0.05, 0) is 57.6 Å². The summed E-state index contributed by atoms with van der Waals surface area (Å²) in [6.07, 6.45) is 4.31. The Kier molecular flexibility index (Phi) is 6.02. The van der Waals surface area contributed by atoms with Gasteiger partial charge in [-0.25, -0.2) is 4.98 Å². The van der Waals surface area contributed by atoms with Crippen LogP contribution in [-0.2, 0) is 24.2 Å². The highest BCUT2D eigenvalue weighted by Gasteiger charge is 2.27. The lowest BCUT2D eigenvalue weighted by Crippen LogP contribution is -2.45. The van der Waals surface area contributed by atoms with Crippen LogP contribution in [0.4, 0.5) is 0 Å². The number of hydrogen-bond donors (Lipinski definition) is 1. The van der Waals surface area contributed by atoms with Crippen molar-refractivity contribution in [1.82, 2.24) is 14.9 Å². The van der Waals surface area contributed by atoms with Gasteiger partial charge < -0.3 is 9.88 Å². The van der Waals surface area contributed by atoms with Crippen molar-refractivity contribution in [2.24, 2.45) is 0 Å². The van der Waals surface area contributed by atoms with Crippen LogP contribution in [0.25, 0.3) is 10.2 Å². The minimum Gasteiger partial charge on any atom is -0.333 e. The summed E-state index contributed by atoms with van der Waals surface area (Å²) in [5, 5.41) is 1.28. The van der Waals surface area contributed by atoms with Crippen molar-refractivity contribution < 1.29 is 4.79 Å². The maximum Gasteiger partial charge on any atom is 0.260 e. The first-order valence-electron chi connectivity index (χ1n) is 10.3. The minimum atomic E-state index is -0.301. The molecule has 0 aliphatic heterocycles. The Morgan fingerprint density at radius 1 is 1.20 bits per heavy atom. The van der Waals surface area contributed by atoms with E-state index in [1.54, 1.807) is 11.3 Å². The van der Waals surface area contributed by atoms with E-state index in [9.17, 15) is 9.59 Å². The highest BCUT2D eigenvalue weighted by atomic mass is 32.2. The molecule has 0 fully saturated rings. The Morgan fingerprint density at radius 2 is 1.93 bits per heavy atom. The van der Waals surface area contributed by atoms with E-state index in [0.29, 0.717) is 11.7 Å². The Bertz CT molecular complexity index is 1110. The van der Waals surface area contributed by atoms with Gasteiger partial charge in [-0.2, -0.15) is 0 Å². The van der Waals surface area contributed by atoms with Crippen LogP contribution < -0.4 is 5.56 Å². The molecular formula is C23H27N3O2S2. The highest BCUT2D eigenvalue weighted by Crippen LogP contribution is 2.34. The van der Waals surface area contributed by atoms with Crippen molar-refractivity contribution in [1.29, 1.82) is 0 Å². The molecule has 1 N–H and O–H groups in total. The van der Waals surface area contributed by atoms with Crippen LogP contribution in [0.3, 0.4) is 0 Å². The fraction of sp³-hybridized carbons (Fsp3) is 0.435. The molecule has 1 aliphatic rings. The van der Waals surface area contributed by atoms with E-state index >= 15 is 0 Å². The van der Waals surface area contributed by atoms with E-state index in [2.05, 4.69) is 9.97 Å². The average molecular weight is 442 g/mol. The number of carbonyl (C=O) groups is 1. The van der Waals surface area contributed by atoms with E-state index in [1.165, 1.54) is 28.6 Å². The molecule has 0 saturated carbocycles. The van der Waals surface area contributed by atoms with Crippen LogP contribution >= 0.6 is 23.1 Å². The molecule has 2 heterocycles. The predicted octanol–water partition coefficient (Wildman–Crippen LogP) is 4.78. The summed E-state index contributed by atoms with van der Waals surface area (Å²) in [5.74, 6) is 0.272. The molecule has 158 valence electrons. The van der Waals surface area contributed by atoms with Gasteiger partial charge in [0, 0.05) is 17.0 Å². The molecule has 0 atom stereocenters. The molecule has 1 amide bonds. The number of fused-ring (bicyclic) bond motifs is 3. The normalized spacial score (nSPS) is 14.0. The lowest BCUT2D eigenvalue weighted by Gasteiger charge is -2.36. The quantitative estimate of drug-likeness (QED) is 0.457. The third kappa shape index (κ3) is 4.47. The summed E-state index contributed by atoms with van der Waals surface area (Å²) < 4.78 is 0. The maximum absolute atomic E-state index is 13.1. The SMILES string of the molecule is CC(C)(C)N(Cc1ccccc1)C(=O)CSc1nc2sc3c(c2c(=O)[nH]1)CCCC3. The van der Waals surface area contributed by atoms with E-state index in [4.69, 9.17) is 0 Å². The molecule has 4 rings (SSSR count). The maximum atomic E-state index is 13.1. The van der Waals surface area contributed by atoms with Crippen molar-refractivity contribution in [2.45, 2.75) is 63.7 Å². The standard InChI is InChI=1S/C23H27N3O2S2/c1-23(2,3)26(13-15-9-5-4-6-10-15)18(27)14-29-22-24-20(28)19-16-11-7-8-12-17(16)30-21(19)25-22/h4-6,9-10H,7-8,11-14H2,1-3H3,(H,24,25,28). The second-order valence-corrected chi connectivity index (χ2v) is 10.7. The number of hydrogen-bond acceptors (Lipinski definition) is 5. The lowest BCUT2D eigenvalue weighted by molar-refractivity contribution is -0.133. The number of benzene rings is 1. The van der Waals surface area contributed by atoms with Crippen LogP contribution in [-0.4, -0.2) is 32.1 Å². The number of carbonyl (C=O) groups excluding carboxylic acids is 1. The Balaban J connectivity index is 1.52. The number of aromatic nitrogens is 2.